The van der Waals surface area contributed by atoms with Gasteiger partial charge in [-0.25, -0.2) is 8.78 Å². The van der Waals surface area contributed by atoms with Gasteiger partial charge in [0, 0.05) is 11.1 Å². The zero-order valence-electron chi connectivity index (χ0n) is 18.6. The van der Waals surface area contributed by atoms with Gasteiger partial charge in [-0.05, 0) is 48.4 Å². The summed E-state index contributed by atoms with van der Waals surface area (Å²) in [5.74, 6) is -0.557. The zero-order chi connectivity index (χ0) is 22.7. The van der Waals surface area contributed by atoms with E-state index in [9.17, 15) is 14.6 Å². The average Bonchev–Trinajstić information content (AvgIpc) is 2.76. The summed E-state index contributed by atoms with van der Waals surface area (Å²) in [6, 6.07) is 6.13. The molecule has 1 aliphatic carbocycles. The lowest BCUT2D eigenvalue weighted by atomic mass is 9.81. The first kappa shape index (κ1) is 23.5. The molecule has 31 heavy (non-hydrogen) atoms. The lowest BCUT2D eigenvalue weighted by Crippen LogP contribution is -2.21. The first-order valence-electron chi connectivity index (χ1n) is 11.1. The van der Waals surface area contributed by atoms with Gasteiger partial charge in [0.15, 0.2) is 23.1 Å². The van der Waals surface area contributed by atoms with Crippen molar-refractivity contribution in [3.05, 3.63) is 47.0 Å². The van der Waals surface area contributed by atoms with Gasteiger partial charge in [0.2, 0.25) is 0 Å². The van der Waals surface area contributed by atoms with Gasteiger partial charge < -0.3 is 19.7 Å². The van der Waals surface area contributed by atoms with Crippen molar-refractivity contribution in [2.45, 2.75) is 59.2 Å². The number of aliphatic hydroxyl groups excluding tert-OH is 2. The van der Waals surface area contributed by atoms with Crippen LogP contribution in [0.4, 0.5) is 8.78 Å². The molecular weight excluding hydrogens is 402 g/mol. The van der Waals surface area contributed by atoms with Crippen LogP contribution in [0.3, 0.4) is 0 Å². The number of fused-ring (bicyclic) bond motifs is 3. The highest BCUT2D eigenvalue weighted by atomic mass is 19.1. The number of aliphatic hydroxyl groups is 2. The number of halogens is 2. The average molecular weight is 435 g/mol. The smallest absolute Gasteiger partial charge is 0.171 e. The van der Waals surface area contributed by atoms with Gasteiger partial charge in [0.05, 0.1) is 13.2 Å². The maximum absolute atomic E-state index is 15.3. The highest BCUT2D eigenvalue weighted by Crippen LogP contribution is 2.49. The topological polar surface area (TPSA) is 58.9 Å². The molecule has 3 rings (SSSR count). The standard InChI is InChI=1S/C25H32F2O4/c1-5-14(3)7-8-15(4)13-31-19-12-10-17-16-9-11-18(30-6-2)22(26)20(16)24(28)25(29)21(17)23(19)27/h9-12,14-15,24-25,28-29H,5-8,13H2,1-4H3. The SMILES string of the molecule is CCOc1ccc2c(c1F)C(O)C(O)c1c-2ccc(OCC(C)CCC(C)CC)c1F. The summed E-state index contributed by atoms with van der Waals surface area (Å²) < 4.78 is 41.1. The molecule has 4 nitrogen and oxygen atoms in total. The van der Waals surface area contributed by atoms with E-state index in [0.717, 1.165) is 19.3 Å². The van der Waals surface area contributed by atoms with Crippen LogP contribution < -0.4 is 9.47 Å². The normalized spacial score (nSPS) is 19.4. The van der Waals surface area contributed by atoms with Crippen LogP contribution in [0.2, 0.25) is 0 Å². The Labute approximate surface area is 182 Å². The van der Waals surface area contributed by atoms with Crippen molar-refractivity contribution in [2.24, 2.45) is 11.8 Å². The van der Waals surface area contributed by atoms with Gasteiger partial charge in [0.1, 0.15) is 12.2 Å². The molecule has 2 aromatic carbocycles. The van der Waals surface area contributed by atoms with E-state index in [4.69, 9.17) is 9.47 Å². The Morgan fingerprint density at radius 1 is 0.806 bits per heavy atom. The second-order valence-corrected chi connectivity index (χ2v) is 8.51. The van der Waals surface area contributed by atoms with Gasteiger partial charge in [-0.2, -0.15) is 0 Å². The molecule has 2 N–H and O–H groups in total. The van der Waals surface area contributed by atoms with Crippen molar-refractivity contribution < 1.29 is 28.5 Å². The second kappa shape index (κ2) is 9.96. The van der Waals surface area contributed by atoms with Crippen molar-refractivity contribution in [3.8, 4) is 22.6 Å². The predicted molar refractivity (Wildman–Crippen MR) is 116 cm³/mol. The van der Waals surface area contributed by atoms with E-state index < -0.39 is 23.8 Å². The molecule has 0 spiro atoms. The summed E-state index contributed by atoms with van der Waals surface area (Å²) in [4.78, 5) is 0. The Morgan fingerprint density at radius 2 is 1.29 bits per heavy atom. The van der Waals surface area contributed by atoms with Crippen LogP contribution in [0.25, 0.3) is 11.1 Å². The first-order valence-corrected chi connectivity index (χ1v) is 11.1. The fraction of sp³-hybridized carbons (Fsp3) is 0.520. The summed E-state index contributed by atoms with van der Waals surface area (Å²) in [5.41, 5.74) is 0.511. The largest absolute Gasteiger partial charge is 0.491 e. The molecule has 170 valence electrons. The molecule has 4 unspecified atom stereocenters. The van der Waals surface area contributed by atoms with E-state index in [2.05, 4.69) is 20.8 Å². The monoisotopic (exact) mass is 434 g/mol. The molecule has 0 bridgehead atoms. The van der Waals surface area contributed by atoms with Gasteiger partial charge in [-0.3, -0.25) is 0 Å². The minimum absolute atomic E-state index is 0.0113. The van der Waals surface area contributed by atoms with Crippen molar-refractivity contribution in [3.63, 3.8) is 0 Å². The molecular formula is C25H32F2O4. The minimum Gasteiger partial charge on any atom is -0.491 e. The van der Waals surface area contributed by atoms with Gasteiger partial charge in [-0.1, -0.05) is 45.7 Å². The Hall–Kier alpha value is -2.18. The first-order chi connectivity index (χ1) is 14.8. The van der Waals surface area contributed by atoms with E-state index in [1.165, 1.54) is 12.1 Å². The Bertz CT molecular complexity index is 915. The number of benzene rings is 2. The summed E-state index contributed by atoms with van der Waals surface area (Å²) >= 11 is 0. The Balaban J connectivity index is 1.87. The molecule has 0 fully saturated rings. The van der Waals surface area contributed by atoms with Crippen LogP contribution in [-0.4, -0.2) is 23.4 Å². The Morgan fingerprint density at radius 3 is 1.77 bits per heavy atom. The molecule has 4 atom stereocenters. The van der Waals surface area contributed by atoms with E-state index >= 15 is 4.39 Å². The number of hydrogen-bond donors (Lipinski definition) is 2. The van der Waals surface area contributed by atoms with Gasteiger partial charge in [-0.15, -0.1) is 0 Å². The minimum atomic E-state index is -1.61. The maximum atomic E-state index is 15.3. The zero-order valence-corrected chi connectivity index (χ0v) is 18.6. The number of ether oxygens (including phenoxy) is 2. The van der Waals surface area contributed by atoms with Crippen LogP contribution in [0.5, 0.6) is 11.5 Å². The van der Waals surface area contributed by atoms with Crippen LogP contribution in [-0.2, 0) is 0 Å². The third-order valence-electron chi connectivity index (χ3n) is 6.14. The van der Waals surface area contributed by atoms with Crippen LogP contribution >= 0.6 is 0 Å². The molecule has 6 heteroatoms. The predicted octanol–water partition coefficient (Wildman–Crippen LogP) is 5.95. The summed E-state index contributed by atoms with van der Waals surface area (Å²) in [5, 5.41) is 21.2. The number of hydrogen-bond acceptors (Lipinski definition) is 4. The van der Waals surface area contributed by atoms with Crippen molar-refractivity contribution in [1.82, 2.24) is 0 Å². The van der Waals surface area contributed by atoms with Crippen molar-refractivity contribution >= 4 is 0 Å². The molecule has 0 aromatic heterocycles. The van der Waals surface area contributed by atoms with E-state index in [-0.39, 0.29) is 35.2 Å². The van der Waals surface area contributed by atoms with Crippen LogP contribution in [0.15, 0.2) is 24.3 Å². The highest BCUT2D eigenvalue weighted by Gasteiger charge is 2.37. The third kappa shape index (κ3) is 4.70. The lowest BCUT2D eigenvalue weighted by Gasteiger charge is -2.30. The van der Waals surface area contributed by atoms with E-state index in [0.29, 0.717) is 23.7 Å². The highest BCUT2D eigenvalue weighted by molar-refractivity contribution is 5.76. The van der Waals surface area contributed by atoms with Crippen LogP contribution in [0, 0.1) is 23.5 Å². The number of rotatable bonds is 9. The molecule has 0 saturated carbocycles. The quantitative estimate of drug-likeness (QED) is 0.512. The van der Waals surface area contributed by atoms with Crippen molar-refractivity contribution in [2.75, 3.05) is 13.2 Å². The fourth-order valence-corrected chi connectivity index (χ4v) is 3.98. The van der Waals surface area contributed by atoms with E-state index in [1.807, 2.05) is 0 Å². The lowest BCUT2D eigenvalue weighted by molar-refractivity contribution is 0.0108. The fourth-order valence-electron chi connectivity index (χ4n) is 3.98. The maximum Gasteiger partial charge on any atom is 0.171 e. The van der Waals surface area contributed by atoms with Gasteiger partial charge >= 0.3 is 0 Å². The Kier molecular flexibility index (Phi) is 7.55. The molecule has 0 heterocycles. The van der Waals surface area contributed by atoms with Crippen LogP contribution in [0.1, 0.15) is 70.3 Å². The molecule has 0 aliphatic heterocycles. The summed E-state index contributed by atoms with van der Waals surface area (Å²) in [6.07, 6.45) is -0.0218. The molecule has 0 radical (unpaired) electrons. The molecule has 0 amide bonds. The summed E-state index contributed by atoms with van der Waals surface area (Å²) in [7, 11) is 0. The molecule has 1 aliphatic rings. The molecule has 2 aromatic rings. The van der Waals surface area contributed by atoms with Gasteiger partial charge in [0.25, 0.3) is 0 Å². The van der Waals surface area contributed by atoms with E-state index in [1.54, 1.807) is 19.1 Å². The molecule has 0 saturated heterocycles. The summed E-state index contributed by atoms with van der Waals surface area (Å²) in [6.45, 7) is 8.77. The third-order valence-corrected chi connectivity index (χ3v) is 6.14. The second-order valence-electron chi connectivity index (χ2n) is 8.51. The van der Waals surface area contributed by atoms with Crippen molar-refractivity contribution in [1.29, 1.82) is 0 Å².